The van der Waals surface area contributed by atoms with E-state index in [9.17, 15) is 16.8 Å². The predicted octanol–water partition coefficient (Wildman–Crippen LogP) is 1.52. The number of benzene rings is 1. The third-order valence-corrected chi connectivity index (χ3v) is 8.09. The lowest BCUT2D eigenvalue weighted by Crippen LogP contribution is -2.35. The Hall–Kier alpha value is -1.00. The minimum atomic E-state index is -3.64. The number of methoxy groups -OCH3 is 1. The maximum atomic E-state index is 12.6. The Kier molecular flexibility index (Phi) is 6.98. The SMILES string of the molecule is COCCCN(C)S(=O)(=O)c1ccc(S(=O)(=O)N2CCCCC2)cc1. The summed E-state index contributed by atoms with van der Waals surface area (Å²) in [6.07, 6.45) is 3.35. The van der Waals surface area contributed by atoms with E-state index in [-0.39, 0.29) is 9.79 Å². The molecule has 1 saturated heterocycles. The van der Waals surface area contributed by atoms with Gasteiger partial charge < -0.3 is 4.74 Å². The van der Waals surface area contributed by atoms with Crippen molar-refractivity contribution in [3.8, 4) is 0 Å². The van der Waals surface area contributed by atoms with Crippen LogP contribution in [-0.2, 0) is 24.8 Å². The van der Waals surface area contributed by atoms with E-state index in [2.05, 4.69) is 0 Å². The number of nitrogens with zero attached hydrogens (tertiary/aromatic N) is 2. The number of rotatable bonds is 8. The zero-order valence-corrected chi connectivity index (χ0v) is 16.4. The molecule has 1 fully saturated rings. The van der Waals surface area contributed by atoms with Gasteiger partial charge in [0.1, 0.15) is 0 Å². The molecule has 0 aliphatic carbocycles. The highest BCUT2D eigenvalue weighted by Crippen LogP contribution is 2.23. The fourth-order valence-electron chi connectivity index (χ4n) is 2.77. The molecule has 0 saturated carbocycles. The van der Waals surface area contributed by atoms with Crippen LogP contribution in [0.4, 0.5) is 0 Å². The molecule has 0 atom stereocenters. The number of piperidine rings is 1. The van der Waals surface area contributed by atoms with E-state index in [0.29, 0.717) is 32.7 Å². The second-order valence-corrected chi connectivity index (χ2v) is 10.1. The first-order valence-electron chi connectivity index (χ1n) is 8.35. The van der Waals surface area contributed by atoms with E-state index in [1.54, 1.807) is 7.11 Å². The van der Waals surface area contributed by atoms with Crippen molar-refractivity contribution in [2.75, 3.05) is 40.4 Å². The molecule has 0 radical (unpaired) electrons. The molecule has 0 spiro atoms. The summed E-state index contributed by atoms with van der Waals surface area (Å²) < 4.78 is 57.9. The molecule has 1 heterocycles. The number of hydrogen-bond acceptors (Lipinski definition) is 5. The van der Waals surface area contributed by atoms with Gasteiger partial charge >= 0.3 is 0 Å². The first-order valence-corrected chi connectivity index (χ1v) is 11.2. The molecule has 0 bridgehead atoms. The van der Waals surface area contributed by atoms with Crippen molar-refractivity contribution in [3.05, 3.63) is 24.3 Å². The Labute approximate surface area is 150 Å². The molecule has 1 aliphatic heterocycles. The van der Waals surface area contributed by atoms with Crippen LogP contribution in [0.3, 0.4) is 0 Å². The molecule has 0 aromatic heterocycles. The lowest BCUT2D eigenvalue weighted by molar-refractivity contribution is 0.189. The molecule has 2 rings (SSSR count). The summed E-state index contributed by atoms with van der Waals surface area (Å²) in [5, 5.41) is 0. The molecule has 1 aromatic carbocycles. The van der Waals surface area contributed by atoms with Crippen molar-refractivity contribution in [1.29, 1.82) is 0 Å². The predicted molar refractivity (Wildman–Crippen MR) is 95.4 cm³/mol. The van der Waals surface area contributed by atoms with E-state index in [4.69, 9.17) is 4.74 Å². The van der Waals surface area contributed by atoms with Crippen molar-refractivity contribution in [2.24, 2.45) is 0 Å². The van der Waals surface area contributed by atoms with Crippen molar-refractivity contribution < 1.29 is 21.6 Å². The Morgan fingerprint density at radius 1 is 1.00 bits per heavy atom. The second-order valence-electron chi connectivity index (χ2n) is 6.11. The van der Waals surface area contributed by atoms with Crippen LogP contribution in [0.2, 0.25) is 0 Å². The van der Waals surface area contributed by atoms with Crippen LogP contribution in [0.5, 0.6) is 0 Å². The Morgan fingerprint density at radius 3 is 2.12 bits per heavy atom. The average molecular weight is 391 g/mol. The fraction of sp³-hybridized carbons (Fsp3) is 0.625. The van der Waals surface area contributed by atoms with Gasteiger partial charge in [0.05, 0.1) is 9.79 Å². The first-order chi connectivity index (χ1) is 11.8. The molecule has 7 nitrogen and oxygen atoms in total. The molecule has 1 aromatic rings. The largest absolute Gasteiger partial charge is 0.385 e. The van der Waals surface area contributed by atoms with Crippen molar-refractivity contribution in [3.63, 3.8) is 0 Å². The van der Waals surface area contributed by atoms with Gasteiger partial charge in [0.15, 0.2) is 0 Å². The van der Waals surface area contributed by atoms with Gasteiger partial charge in [-0.15, -0.1) is 0 Å². The Morgan fingerprint density at radius 2 is 1.56 bits per heavy atom. The normalized spacial score (nSPS) is 17.1. The minimum Gasteiger partial charge on any atom is -0.385 e. The average Bonchev–Trinajstić information content (AvgIpc) is 2.62. The van der Waals surface area contributed by atoms with Gasteiger partial charge in [-0.25, -0.2) is 21.1 Å². The maximum Gasteiger partial charge on any atom is 0.243 e. The Bertz CT molecular complexity index is 754. The van der Waals surface area contributed by atoms with Crippen LogP contribution in [-0.4, -0.2) is 65.8 Å². The van der Waals surface area contributed by atoms with E-state index < -0.39 is 20.0 Å². The molecule has 142 valence electrons. The topological polar surface area (TPSA) is 84.0 Å². The number of sulfonamides is 2. The van der Waals surface area contributed by atoms with Crippen LogP contribution < -0.4 is 0 Å². The van der Waals surface area contributed by atoms with Crippen LogP contribution in [0.15, 0.2) is 34.1 Å². The third kappa shape index (κ3) is 4.79. The highest BCUT2D eigenvalue weighted by Gasteiger charge is 2.27. The zero-order valence-electron chi connectivity index (χ0n) is 14.7. The molecule has 0 unspecified atom stereocenters. The monoisotopic (exact) mass is 390 g/mol. The molecular formula is C16H26N2O5S2. The van der Waals surface area contributed by atoms with Crippen LogP contribution in [0.1, 0.15) is 25.7 Å². The number of ether oxygens (including phenoxy) is 1. The fourth-order valence-corrected chi connectivity index (χ4v) is 5.50. The standard InChI is InChI=1S/C16H26N2O5S2/c1-17(11-6-14-23-2)24(19,20)15-7-9-16(10-8-15)25(21,22)18-12-4-3-5-13-18/h7-10H,3-6,11-14H2,1-2H3. The summed E-state index contributed by atoms with van der Waals surface area (Å²) in [6, 6.07) is 5.47. The molecule has 0 N–H and O–H groups in total. The molecular weight excluding hydrogens is 364 g/mol. The quantitative estimate of drug-likeness (QED) is 0.629. The minimum absolute atomic E-state index is 0.0880. The zero-order chi connectivity index (χ0) is 18.5. The summed E-state index contributed by atoms with van der Waals surface area (Å²) in [6.45, 7) is 1.85. The van der Waals surface area contributed by atoms with Crippen molar-refractivity contribution >= 4 is 20.0 Å². The third-order valence-electron chi connectivity index (χ3n) is 4.31. The summed E-state index contributed by atoms with van der Waals surface area (Å²) in [5.41, 5.74) is 0. The highest BCUT2D eigenvalue weighted by molar-refractivity contribution is 7.89. The second kappa shape index (κ2) is 8.59. The van der Waals surface area contributed by atoms with Gasteiger partial charge in [0.25, 0.3) is 0 Å². The first kappa shape index (κ1) is 20.3. The molecule has 0 amide bonds. The lowest BCUT2D eigenvalue weighted by atomic mass is 10.2. The van der Waals surface area contributed by atoms with Crippen LogP contribution in [0.25, 0.3) is 0 Å². The van der Waals surface area contributed by atoms with E-state index in [0.717, 1.165) is 19.3 Å². The molecule has 9 heteroatoms. The van der Waals surface area contributed by atoms with Crippen molar-refractivity contribution in [1.82, 2.24) is 8.61 Å². The smallest absolute Gasteiger partial charge is 0.243 e. The molecule has 1 aliphatic rings. The number of hydrogen-bond donors (Lipinski definition) is 0. The lowest BCUT2D eigenvalue weighted by Gasteiger charge is -2.26. The maximum absolute atomic E-state index is 12.6. The van der Waals surface area contributed by atoms with Gasteiger partial charge in [-0.1, -0.05) is 6.42 Å². The van der Waals surface area contributed by atoms with Gasteiger partial charge in [-0.05, 0) is 43.5 Å². The van der Waals surface area contributed by atoms with Crippen LogP contribution >= 0.6 is 0 Å². The van der Waals surface area contributed by atoms with Crippen LogP contribution in [0, 0.1) is 0 Å². The van der Waals surface area contributed by atoms with Gasteiger partial charge in [-0.3, -0.25) is 0 Å². The summed E-state index contributed by atoms with van der Waals surface area (Å²) >= 11 is 0. The van der Waals surface area contributed by atoms with Gasteiger partial charge in [-0.2, -0.15) is 4.31 Å². The Balaban J connectivity index is 2.15. The van der Waals surface area contributed by atoms with E-state index >= 15 is 0 Å². The summed E-state index contributed by atoms with van der Waals surface area (Å²) in [4.78, 5) is 0.223. The van der Waals surface area contributed by atoms with E-state index in [1.807, 2.05) is 0 Å². The highest BCUT2D eigenvalue weighted by atomic mass is 32.2. The van der Waals surface area contributed by atoms with E-state index in [1.165, 1.54) is 39.9 Å². The summed E-state index contributed by atoms with van der Waals surface area (Å²) in [5.74, 6) is 0. The van der Waals surface area contributed by atoms with Gasteiger partial charge in [0, 0.05) is 40.4 Å². The van der Waals surface area contributed by atoms with Gasteiger partial charge in [0.2, 0.25) is 20.0 Å². The summed E-state index contributed by atoms with van der Waals surface area (Å²) in [7, 11) is -4.12. The van der Waals surface area contributed by atoms with Crippen molar-refractivity contribution in [2.45, 2.75) is 35.5 Å². The molecule has 25 heavy (non-hydrogen) atoms.